The van der Waals surface area contributed by atoms with Gasteiger partial charge in [0.05, 0.1) is 11.5 Å². The van der Waals surface area contributed by atoms with E-state index < -0.39 is 9.84 Å². The fraction of sp³-hybridized carbons (Fsp3) is 0.545. The molecule has 0 aromatic carbocycles. The first-order valence-electron chi connectivity index (χ1n) is 5.63. The lowest BCUT2D eigenvalue weighted by atomic mass is 9.94. The number of anilines is 1. The van der Waals surface area contributed by atoms with Gasteiger partial charge in [0, 0.05) is 12.2 Å². The third-order valence-electron chi connectivity index (χ3n) is 3.19. The van der Waals surface area contributed by atoms with Gasteiger partial charge in [0.2, 0.25) is 0 Å². The highest BCUT2D eigenvalue weighted by Gasteiger charge is 2.31. The van der Waals surface area contributed by atoms with E-state index in [2.05, 4.69) is 4.98 Å². The zero-order valence-electron chi connectivity index (χ0n) is 9.54. The maximum atomic E-state index is 11.4. The lowest BCUT2D eigenvalue weighted by Gasteiger charge is -2.17. The highest BCUT2D eigenvalue weighted by molar-refractivity contribution is 7.91. The van der Waals surface area contributed by atoms with Gasteiger partial charge in [-0.05, 0) is 36.5 Å². The van der Waals surface area contributed by atoms with Crippen molar-refractivity contribution in [1.29, 1.82) is 0 Å². The molecule has 0 spiro atoms. The van der Waals surface area contributed by atoms with Gasteiger partial charge < -0.3 is 11.5 Å². The standard InChI is InChI=1S/C11H17N3O2S/c12-10(9-2-4-17(15,16)7-9)5-8-1-3-14-11(13)6-8/h1,3,6,9-10H,2,4-5,7,12H2,(H2,13,14). The second-order valence-electron chi connectivity index (χ2n) is 4.62. The van der Waals surface area contributed by atoms with Crippen molar-refractivity contribution in [2.24, 2.45) is 11.7 Å². The van der Waals surface area contributed by atoms with Crippen LogP contribution in [-0.4, -0.2) is 30.9 Å². The van der Waals surface area contributed by atoms with Gasteiger partial charge in [-0.1, -0.05) is 0 Å². The van der Waals surface area contributed by atoms with E-state index in [1.54, 1.807) is 12.3 Å². The Hall–Kier alpha value is -1.14. The van der Waals surface area contributed by atoms with Crippen molar-refractivity contribution in [2.75, 3.05) is 17.2 Å². The highest BCUT2D eigenvalue weighted by atomic mass is 32.2. The first-order valence-corrected chi connectivity index (χ1v) is 7.45. The molecule has 0 bridgehead atoms. The fourth-order valence-corrected chi connectivity index (χ4v) is 4.12. The van der Waals surface area contributed by atoms with Crippen LogP contribution in [-0.2, 0) is 16.3 Å². The zero-order valence-corrected chi connectivity index (χ0v) is 10.4. The minimum atomic E-state index is -2.86. The number of nitrogen functional groups attached to an aromatic ring is 1. The first kappa shape index (κ1) is 12.3. The largest absolute Gasteiger partial charge is 0.384 e. The molecule has 6 heteroatoms. The second kappa shape index (κ2) is 4.62. The summed E-state index contributed by atoms with van der Waals surface area (Å²) in [7, 11) is -2.86. The van der Waals surface area contributed by atoms with Crippen LogP contribution in [0.15, 0.2) is 18.3 Å². The third-order valence-corrected chi connectivity index (χ3v) is 4.98. The van der Waals surface area contributed by atoms with Gasteiger partial charge in [-0.15, -0.1) is 0 Å². The Kier molecular flexibility index (Phi) is 3.35. The highest BCUT2D eigenvalue weighted by Crippen LogP contribution is 2.22. The molecule has 94 valence electrons. The second-order valence-corrected chi connectivity index (χ2v) is 6.85. The van der Waals surface area contributed by atoms with Gasteiger partial charge in [-0.25, -0.2) is 13.4 Å². The molecule has 0 aliphatic carbocycles. The number of aromatic nitrogens is 1. The molecule has 1 aliphatic heterocycles. The Bertz CT molecular complexity index is 501. The summed E-state index contributed by atoms with van der Waals surface area (Å²) in [6.07, 6.45) is 2.96. The van der Waals surface area contributed by atoms with Gasteiger partial charge in [-0.2, -0.15) is 0 Å². The van der Waals surface area contributed by atoms with E-state index in [-0.39, 0.29) is 23.5 Å². The summed E-state index contributed by atoms with van der Waals surface area (Å²) in [4.78, 5) is 3.91. The molecule has 1 aliphatic rings. The summed E-state index contributed by atoms with van der Waals surface area (Å²) in [5, 5.41) is 0. The molecule has 1 saturated heterocycles. The van der Waals surface area contributed by atoms with Gasteiger partial charge in [0.25, 0.3) is 0 Å². The SMILES string of the molecule is Nc1cc(CC(N)C2CCS(=O)(=O)C2)ccn1. The minimum absolute atomic E-state index is 0.0642. The Balaban J connectivity index is 2.00. The molecular weight excluding hydrogens is 238 g/mol. The van der Waals surface area contributed by atoms with E-state index in [0.717, 1.165) is 5.56 Å². The predicted molar refractivity (Wildman–Crippen MR) is 67.1 cm³/mol. The number of nitrogens with two attached hydrogens (primary N) is 2. The Labute approximate surface area is 101 Å². The molecule has 0 saturated carbocycles. The van der Waals surface area contributed by atoms with E-state index in [1.807, 2.05) is 6.07 Å². The molecule has 0 radical (unpaired) electrons. The molecular formula is C11H17N3O2S. The fourth-order valence-electron chi connectivity index (χ4n) is 2.22. The lowest BCUT2D eigenvalue weighted by Crippen LogP contribution is -2.33. The molecule has 2 atom stereocenters. The van der Waals surface area contributed by atoms with Crippen LogP contribution in [0.25, 0.3) is 0 Å². The molecule has 0 amide bonds. The summed E-state index contributed by atoms with van der Waals surface area (Å²) >= 11 is 0. The minimum Gasteiger partial charge on any atom is -0.384 e. The Morgan fingerprint density at radius 2 is 2.29 bits per heavy atom. The number of hydrogen-bond donors (Lipinski definition) is 2. The molecule has 2 heterocycles. The van der Waals surface area contributed by atoms with Crippen LogP contribution in [0.3, 0.4) is 0 Å². The molecule has 5 nitrogen and oxygen atoms in total. The van der Waals surface area contributed by atoms with Gasteiger partial charge in [0.15, 0.2) is 9.84 Å². The van der Waals surface area contributed by atoms with E-state index >= 15 is 0 Å². The van der Waals surface area contributed by atoms with E-state index in [9.17, 15) is 8.42 Å². The predicted octanol–water partition coefficient (Wildman–Crippen LogP) is -0.0317. The van der Waals surface area contributed by atoms with Crippen molar-refractivity contribution in [3.63, 3.8) is 0 Å². The van der Waals surface area contributed by atoms with E-state index in [0.29, 0.717) is 18.7 Å². The molecule has 4 N–H and O–H groups in total. The Morgan fingerprint density at radius 1 is 1.53 bits per heavy atom. The zero-order chi connectivity index (χ0) is 12.5. The maximum absolute atomic E-state index is 11.4. The van der Waals surface area contributed by atoms with Crippen molar-refractivity contribution in [3.05, 3.63) is 23.9 Å². The summed E-state index contributed by atoms with van der Waals surface area (Å²) in [6, 6.07) is 3.51. The van der Waals surface area contributed by atoms with Crippen LogP contribution in [0.2, 0.25) is 0 Å². The molecule has 2 unspecified atom stereocenters. The van der Waals surface area contributed by atoms with Gasteiger partial charge >= 0.3 is 0 Å². The summed E-state index contributed by atoms with van der Waals surface area (Å²) in [6.45, 7) is 0. The topological polar surface area (TPSA) is 99.1 Å². The number of hydrogen-bond acceptors (Lipinski definition) is 5. The smallest absolute Gasteiger partial charge is 0.150 e. The van der Waals surface area contributed by atoms with Crippen LogP contribution < -0.4 is 11.5 Å². The third kappa shape index (κ3) is 3.17. The van der Waals surface area contributed by atoms with Crippen molar-refractivity contribution in [2.45, 2.75) is 18.9 Å². The van der Waals surface area contributed by atoms with Crippen LogP contribution >= 0.6 is 0 Å². The normalized spacial score (nSPS) is 24.6. The van der Waals surface area contributed by atoms with Crippen molar-refractivity contribution < 1.29 is 8.42 Å². The quantitative estimate of drug-likeness (QED) is 0.790. The van der Waals surface area contributed by atoms with Crippen molar-refractivity contribution >= 4 is 15.7 Å². The molecule has 1 aromatic heterocycles. The molecule has 1 aromatic rings. The van der Waals surface area contributed by atoms with Crippen LogP contribution in [0.5, 0.6) is 0 Å². The summed E-state index contributed by atoms with van der Waals surface area (Å²) in [5.74, 6) is 1.02. The molecule has 1 fully saturated rings. The van der Waals surface area contributed by atoms with Crippen LogP contribution in [0, 0.1) is 5.92 Å². The summed E-state index contributed by atoms with van der Waals surface area (Å²) < 4.78 is 22.7. The van der Waals surface area contributed by atoms with Gasteiger partial charge in [0.1, 0.15) is 5.82 Å². The Morgan fingerprint density at radius 3 is 2.88 bits per heavy atom. The van der Waals surface area contributed by atoms with Crippen LogP contribution in [0.4, 0.5) is 5.82 Å². The number of pyridine rings is 1. The molecule has 2 rings (SSSR count). The molecule has 17 heavy (non-hydrogen) atoms. The number of sulfone groups is 1. The average Bonchev–Trinajstić information content (AvgIpc) is 2.59. The first-order chi connectivity index (χ1) is 7.96. The maximum Gasteiger partial charge on any atom is 0.150 e. The number of rotatable bonds is 3. The van der Waals surface area contributed by atoms with E-state index in [4.69, 9.17) is 11.5 Å². The lowest BCUT2D eigenvalue weighted by molar-refractivity contribution is 0.461. The monoisotopic (exact) mass is 255 g/mol. The van der Waals surface area contributed by atoms with E-state index in [1.165, 1.54) is 0 Å². The van der Waals surface area contributed by atoms with Crippen molar-refractivity contribution in [3.8, 4) is 0 Å². The van der Waals surface area contributed by atoms with Crippen molar-refractivity contribution in [1.82, 2.24) is 4.98 Å². The van der Waals surface area contributed by atoms with Gasteiger partial charge in [-0.3, -0.25) is 0 Å². The number of nitrogens with zero attached hydrogens (tertiary/aromatic N) is 1. The average molecular weight is 255 g/mol. The summed E-state index contributed by atoms with van der Waals surface area (Å²) in [5.41, 5.74) is 12.6. The van der Waals surface area contributed by atoms with Crippen LogP contribution in [0.1, 0.15) is 12.0 Å².